The molecule has 112 valence electrons. The third-order valence-electron chi connectivity index (χ3n) is 3.66. The van der Waals surface area contributed by atoms with Crippen LogP contribution in [-0.2, 0) is 19.3 Å². The summed E-state index contributed by atoms with van der Waals surface area (Å²) in [6.07, 6.45) is 4.11. The second-order valence-corrected chi connectivity index (χ2v) is 7.68. The number of nitrogens with zero attached hydrogens (tertiary/aromatic N) is 2. The van der Waals surface area contributed by atoms with E-state index < -0.39 is 0 Å². The van der Waals surface area contributed by atoms with Gasteiger partial charge in [-0.05, 0) is 36.8 Å². The van der Waals surface area contributed by atoms with E-state index >= 15 is 0 Å². The third-order valence-corrected chi connectivity index (χ3v) is 5.71. The van der Waals surface area contributed by atoms with Crippen LogP contribution in [0.1, 0.15) is 38.5 Å². The minimum atomic E-state index is 0.0135. The van der Waals surface area contributed by atoms with Crippen LogP contribution < -0.4 is 11.1 Å². The molecule has 0 aliphatic heterocycles. The second-order valence-electron chi connectivity index (χ2n) is 5.45. The van der Waals surface area contributed by atoms with Gasteiger partial charge in [-0.25, -0.2) is 0 Å². The minimum absolute atomic E-state index is 0.0135. The quantitative estimate of drug-likeness (QED) is 0.905. The van der Waals surface area contributed by atoms with Crippen molar-refractivity contribution in [3.63, 3.8) is 0 Å². The van der Waals surface area contributed by atoms with E-state index in [9.17, 15) is 4.79 Å². The number of aromatic nitrogens is 2. The number of rotatable bonds is 4. The van der Waals surface area contributed by atoms with Crippen molar-refractivity contribution in [2.24, 2.45) is 5.92 Å². The van der Waals surface area contributed by atoms with Gasteiger partial charge in [-0.3, -0.25) is 4.79 Å². The van der Waals surface area contributed by atoms with Crippen molar-refractivity contribution in [2.45, 2.75) is 32.6 Å². The number of nitrogen functional groups attached to an aromatic ring is 1. The van der Waals surface area contributed by atoms with Crippen LogP contribution in [0, 0.1) is 5.92 Å². The van der Waals surface area contributed by atoms with Gasteiger partial charge in [0, 0.05) is 17.8 Å². The second kappa shape index (κ2) is 6.11. The van der Waals surface area contributed by atoms with E-state index in [-0.39, 0.29) is 5.91 Å². The number of hydrogen-bond acceptors (Lipinski definition) is 6. The first-order valence-corrected chi connectivity index (χ1v) is 8.72. The maximum atomic E-state index is 12.2. The van der Waals surface area contributed by atoms with Gasteiger partial charge >= 0.3 is 0 Å². The Balaban J connectivity index is 1.56. The number of carbonyl (C=O) groups excluding carboxylic acids is 1. The number of nitrogens with two attached hydrogens (primary N) is 1. The van der Waals surface area contributed by atoms with Gasteiger partial charge in [-0.15, -0.1) is 21.5 Å². The molecule has 0 unspecified atom stereocenters. The molecule has 21 heavy (non-hydrogen) atoms. The highest BCUT2D eigenvalue weighted by Gasteiger charge is 2.20. The molecule has 0 spiro atoms. The molecule has 0 saturated heterocycles. The SMILES string of the molecule is C[C@@H]1CCc2sc(C(=O)NCCc3nnc(N)s3)cc2C1. The van der Waals surface area contributed by atoms with Gasteiger partial charge < -0.3 is 11.1 Å². The molecule has 0 radical (unpaired) electrons. The molecule has 0 saturated carbocycles. The van der Waals surface area contributed by atoms with Crippen LogP contribution in [0.2, 0.25) is 0 Å². The number of nitrogens with one attached hydrogen (secondary N) is 1. The van der Waals surface area contributed by atoms with E-state index in [2.05, 4.69) is 28.5 Å². The lowest BCUT2D eigenvalue weighted by Gasteiger charge is -2.16. The summed E-state index contributed by atoms with van der Waals surface area (Å²) in [4.78, 5) is 14.4. The molecule has 5 nitrogen and oxygen atoms in total. The molecule has 1 atom stereocenters. The molecule has 1 aliphatic rings. The van der Waals surface area contributed by atoms with E-state index in [1.165, 1.54) is 28.2 Å². The molecular weight excluding hydrogens is 304 g/mol. The van der Waals surface area contributed by atoms with Crippen molar-refractivity contribution in [2.75, 3.05) is 12.3 Å². The Labute approximate surface area is 131 Å². The van der Waals surface area contributed by atoms with E-state index in [4.69, 9.17) is 5.73 Å². The topological polar surface area (TPSA) is 80.9 Å². The Morgan fingerprint density at radius 3 is 3.10 bits per heavy atom. The number of fused-ring (bicyclic) bond motifs is 1. The number of anilines is 1. The molecular formula is C14H18N4OS2. The highest BCUT2D eigenvalue weighted by molar-refractivity contribution is 7.15. The first-order chi connectivity index (χ1) is 10.1. The van der Waals surface area contributed by atoms with E-state index in [0.717, 1.165) is 28.6 Å². The highest BCUT2D eigenvalue weighted by Crippen LogP contribution is 2.32. The van der Waals surface area contributed by atoms with Crippen LogP contribution in [0.5, 0.6) is 0 Å². The van der Waals surface area contributed by atoms with E-state index in [0.29, 0.717) is 18.1 Å². The first kappa shape index (κ1) is 14.5. The molecule has 2 aromatic rings. The van der Waals surface area contributed by atoms with Crippen LogP contribution >= 0.6 is 22.7 Å². The number of hydrogen-bond donors (Lipinski definition) is 2. The predicted molar refractivity (Wildman–Crippen MR) is 85.9 cm³/mol. The lowest BCUT2D eigenvalue weighted by molar-refractivity contribution is 0.0958. The van der Waals surface area contributed by atoms with Crippen LogP contribution in [0.3, 0.4) is 0 Å². The smallest absolute Gasteiger partial charge is 0.261 e. The third kappa shape index (κ3) is 3.41. The molecule has 0 fully saturated rings. The monoisotopic (exact) mass is 322 g/mol. The summed E-state index contributed by atoms with van der Waals surface area (Å²) in [7, 11) is 0. The fourth-order valence-corrected chi connectivity index (χ4v) is 4.29. The van der Waals surface area contributed by atoms with Crippen LogP contribution in [-0.4, -0.2) is 22.6 Å². The average molecular weight is 322 g/mol. The van der Waals surface area contributed by atoms with Gasteiger partial charge in [0.2, 0.25) is 5.13 Å². The minimum Gasteiger partial charge on any atom is -0.374 e. The van der Waals surface area contributed by atoms with Gasteiger partial charge in [0.05, 0.1) is 4.88 Å². The normalized spacial score (nSPS) is 17.5. The van der Waals surface area contributed by atoms with Crippen molar-refractivity contribution in [3.8, 4) is 0 Å². The Morgan fingerprint density at radius 2 is 2.33 bits per heavy atom. The summed E-state index contributed by atoms with van der Waals surface area (Å²) in [5, 5.41) is 12.0. The maximum Gasteiger partial charge on any atom is 0.261 e. The van der Waals surface area contributed by atoms with Crippen molar-refractivity contribution >= 4 is 33.7 Å². The molecule has 3 N–H and O–H groups in total. The lowest BCUT2D eigenvalue weighted by Crippen LogP contribution is -2.24. The Hall–Kier alpha value is -1.47. The van der Waals surface area contributed by atoms with Crippen molar-refractivity contribution in [1.82, 2.24) is 15.5 Å². The summed E-state index contributed by atoms with van der Waals surface area (Å²) >= 11 is 3.00. The summed E-state index contributed by atoms with van der Waals surface area (Å²) in [6.45, 7) is 2.83. The molecule has 0 bridgehead atoms. The van der Waals surface area contributed by atoms with Gasteiger partial charge in [-0.1, -0.05) is 18.3 Å². The molecule has 3 rings (SSSR count). The highest BCUT2D eigenvalue weighted by atomic mass is 32.1. The fourth-order valence-electron chi connectivity index (χ4n) is 2.56. The Morgan fingerprint density at radius 1 is 1.48 bits per heavy atom. The molecule has 2 heterocycles. The Bertz CT molecular complexity index is 649. The summed E-state index contributed by atoms with van der Waals surface area (Å²) in [5.41, 5.74) is 6.89. The van der Waals surface area contributed by atoms with Crippen molar-refractivity contribution in [1.29, 1.82) is 0 Å². The lowest BCUT2D eigenvalue weighted by atomic mass is 9.90. The number of aryl methyl sites for hydroxylation is 1. The number of amides is 1. The zero-order chi connectivity index (χ0) is 14.8. The van der Waals surface area contributed by atoms with Crippen LogP contribution in [0.15, 0.2) is 6.07 Å². The molecule has 1 aliphatic carbocycles. The van der Waals surface area contributed by atoms with Crippen molar-refractivity contribution in [3.05, 3.63) is 26.4 Å². The van der Waals surface area contributed by atoms with Crippen molar-refractivity contribution < 1.29 is 4.79 Å². The standard InChI is InChI=1S/C14H18N4OS2/c1-8-2-3-10-9(6-8)7-11(20-10)13(19)16-5-4-12-17-18-14(15)21-12/h7-8H,2-6H2,1H3,(H2,15,18)(H,16,19)/t8-/m1/s1. The van der Waals surface area contributed by atoms with Crippen LogP contribution in [0.25, 0.3) is 0 Å². The molecule has 2 aromatic heterocycles. The molecule has 1 amide bonds. The number of thiophene rings is 1. The fraction of sp³-hybridized carbons (Fsp3) is 0.500. The average Bonchev–Trinajstić information content (AvgIpc) is 3.04. The summed E-state index contributed by atoms with van der Waals surface area (Å²) in [6, 6.07) is 2.06. The largest absolute Gasteiger partial charge is 0.374 e. The summed E-state index contributed by atoms with van der Waals surface area (Å²) in [5.74, 6) is 0.741. The zero-order valence-corrected chi connectivity index (χ0v) is 13.5. The predicted octanol–water partition coefficient (Wildman–Crippen LogP) is 2.28. The van der Waals surface area contributed by atoms with Crippen LogP contribution in [0.4, 0.5) is 5.13 Å². The van der Waals surface area contributed by atoms with Gasteiger partial charge in [-0.2, -0.15) is 0 Å². The maximum absolute atomic E-state index is 12.2. The zero-order valence-electron chi connectivity index (χ0n) is 11.9. The Kier molecular flexibility index (Phi) is 4.21. The molecule has 0 aromatic carbocycles. The number of carbonyl (C=O) groups is 1. The van der Waals surface area contributed by atoms with E-state index in [1.54, 1.807) is 11.3 Å². The molecule has 7 heteroatoms. The van der Waals surface area contributed by atoms with E-state index in [1.807, 2.05) is 0 Å². The summed E-state index contributed by atoms with van der Waals surface area (Å²) < 4.78 is 0. The van der Waals surface area contributed by atoms with Gasteiger partial charge in [0.25, 0.3) is 5.91 Å². The van der Waals surface area contributed by atoms with Gasteiger partial charge in [0.15, 0.2) is 0 Å². The van der Waals surface area contributed by atoms with Gasteiger partial charge in [0.1, 0.15) is 5.01 Å². The first-order valence-electron chi connectivity index (χ1n) is 7.09.